The van der Waals surface area contributed by atoms with Crippen molar-refractivity contribution in [3.63, 3.8) is 0 Å². The van der Waals surface area contributed by atoms with Gasteiger partial charge in [0.25, 0.3) is 0 Å². The molecule has 4 heterocycles. The number of carbonyl (C=O) groups excluding carboxylic acids is 3. The van der Waals surface area contributed by atoms with Crippen LogP contribution in [-0.2, 0) is 16.1 Å². The second-order valence-corrected chi connectivity index (χ2v) is 15.5. The van der Waals surface area contributed by atoms with Crippen LogP contribution in [0.1, 0.15) is 62.8 Å². The summed E-state index contributed by atoms with van der Waals surface area (Å²) in [5.74, 6) is -0.269. The molecule has 2 aromatic heterocycles. The van der Waals surface area contributed by atoms with Gasteiger partial charge in [-0.05, 0) is 6.92 Å². The van der Waals surface area contributed by atoms with E-state index in [2.05, 4.69) is 22.2 Å². The predicted molar refractivity (Wildman–Crippen MR) is 147 cm³/mol. The average Bonchev–Trinajstić information content (AvgIpc) is 3.24. The summed E-state index contributed by atoms with van der Waals surface area (Å²) in [6.07, 6.45) is 5.86. The molecule has 0 spiro atoms. The van der Waals surface area contributed by atoms with Gasteiger partial charge in [0.15, 0.2) is 0 Å². The SMILES string of the molecule is CC(=O)c1cn(CC(=O)N2[C@H](C(=O)N[C@@H](C)C(F)=C(C)C)C[C@@]3(C)[I-][C@@H]23)c2c(C)cc(-c3cnc(C)nc3)cc12. The second kappa shape index (κ2) is 10.4. The number of likely N-dealkylation sites (tertiary alicyclic amines) is 1. The van der Waals surface area contributed by atoms with Crippen LogP contribution in [0.3, 0.4) is 0 Å². The molecule has 0 aliphatic carbocycles. The van der Waals surface area contributed by atoms with E-state index in [0.29, 0.717) is 23.4 Å². The third-order valence-corrected chi connectivity index (χ3v) is 12.1. The number of carbonyl (C=O) groups is 3. The van der Waals surface area contributed by atoms with Gasteiger partial charge in [0, 0.05) is 0 Å². The van der Waals surface area contributed by atoms with Crippen molar-refractivity contribution < 1.29 is 40.0 Å². The maximum absolute atomic E-state index is 14.4. The number of nitrogens with one attached hydrogen (secondary N) is 1. The van der Waals surface area contributed by atoms with Crippen LogP contribution in [0.5, 0.6) is 0 Å². The van der Waals surface area contributed by atoms with E-state index < -0.39 is 12.1 Å². The Bertz CT molecular complexity index is 1580. The average molecular weight is 659 g/mol. The van der Waals surface area contributed by atoms with Crippen LogP contribution in [0.4, 0.5) is 4.39 Å². The van der Waals surface area contributed by atoms with E-state index in [1.54, 1.807) is 44.3 Å². The van der Waals surface area contributed by atoms with Crippen LogP contribution in [-0.4, -0.2) is 56.6 Å². The topological polar surface area (TPSA) is 97.2 Å². The summed E-state index contributed by atoms with van der Waals surface area (Å²) in [7, 11) is 0. The van der Waals surface area contributed by atoms with E-state index in [4.69, 9.17) is 0 Å². The Labute approximate surface area is 243 Å². The third-order valence-electron chi connectivity index (χ3n) is 7.74. The van der Waals surface area contributed by atoms with Crippen LogP contribution < -0.4 is 26.5 Å². The molecule has 0 radical (unpaired) electrons. The van der Waals surface area contributed by atoms with Gasteiger partial charge in [0.05, 0.1) is 0 Å². The number of aromatic nitrogens is 3. The fourth-order valence-corrected chi connectivity index (χ4v) is 9.04. The van der Waals surface area contributed by atoms with E-state index in [1.165, 1.54) is 6.92 Å². The fraction of sp³-hybridized carbons (Fsp3) is 0.433. The van der Waals surface area contributed by atoms with Gasteiger partial charge in [-0.3, -0.25) is 0 Å². The number of amides is 2. The number of Topliss-reactive ketones (excluding diaryl/α,β-unsaturated/α-hetero) is 1. The van der Waals surface area contributed by atoms with Crippen molar-refractivity contribution in [2.24, 2.45) is 0 Å². The first kappa shape index (κ1) is 28.4. The summed E-state index contributed by atoms with van der Waals surface area (Å²) in [4.78, 5) is 50.1. The predicted octanol–water partition coefficient (Wildman–Crippen LogP) is 1.47. The molecule has 0 saturated carbocycles. The maximum atomic E-state index is 14.4. The standard InChI is InChI=1S/C30H34FIN5O3/c1-15(2)26(31)17(4)35-28(40)24-10-30(7)29(32-30)37(24)25(39)14-36-13-23(18(5)38)22-9-20(8-16(3)27(22)36)21-11-33-19(6)34-12-21/h8-9,11-13,17,24,29H,10,14H2,1-7H3,(H,35,40)/q-1/t17-,24-,29-,30+/m0/s1. The molecular weight excluding hydrogens is 624 g/mol. The van der Waals surface area contributed by atoms with Crippen molar-refractivity contribution >= 4 is 28.5 Å². The zero-order chi connectivity index (χ0) is 29.1. The monoisotopic (exact) mass is 658 g/mol. The first-order chi connectivity index (χ1) is 18.8. The van der Waals surface area contributed by atoms with Crippen LogP contribution in [0, 0.1) is 13.8 Å². The molecule has 3 aromatic rings. The molecular formula is C30H34FIN5O3-. The first-order valence-corrected chi connectivity index (χ1v) is 15.7. The Morgan fingerprint density at radius 1 is 1.15 bits per heavy atom. The molecule has 1 aromatic carbocycles. The fourth-order valence-electron chi connectivity index (χ4n) is 5.65. The minimum absolute atomic E-state index is 0.000923. The Hall–Kier alpha value is -3.15. The van der Waals surface area contributed by atoms with Crippen molar-refractivity contribution in [1.29, 1.82) is 0 Å². The summed E-state index contributed by atoms with van der Waals surface area (Å²) in [6, 6.07) is 2.57. The number of allylic oxidation sites excluding steroid dienone is 1. The zero-order valence-corrected chi connectivity index (χ0v) is 26.0. The summed E-state index contributed by atoms with van der Waals surface area (Å²) in [5.41, 5.74) is 4.51. The number of hydrogen-bond donors (Lipinski definition) is 1. The van der Waals surface area contributed by atoms with E-state index in [0.717, 1.165) is 27.6 Å². The third kappa shape index (κ3) is 5.06. The number of rotatable bonds is 7. The molecule has 212 valence electrons. The molecule has 8 nitrogen and oxygen atoms in total. The van der Waals surface area contributed by atoms with Gasteiger partial charge in [-0.25, -0.2) is 0 Å². The molecule has 2 aliphatic heterocycles. The van der Waals surface area contributed by atoms with Crippen LogP contribution >= 0.6 is 0 Å². The van der Waals surface area contributed by atoms with E-state index in [9.17, 15) is 18.8 Å². The van der Waals surface area contributed by atoms with Gasteiger partial charge < -0.3 is 0 Å². The summed E-state index contributed by atoms with van der Waals surface area (Å²) in [6.45, 7) is 12.4. The number of fused-ring (bicyclic) bond motifs is 2. The van der Waals surface area contributed by atoms with Crippen LogP contribution in [0.25, 0.3) is 22.0 Å². The Morgan fingerprint density at radius 2 is 1.82 bits per heavy atom. The van der Waals surface area contributed by atoms with Gasteiger partial charge in [0.1, 0.15) is 5.82 Å². The first-order valence-electron chi connectivity index (χ1n) is 13.3. The number of aryl methyl sites for hydroxylation is 2. The molecule has 2 aliphatic rings. The molecule has 2 amide bonds. The molecule has 4 atom stereocenters. The van der Waals surface area contributed by atoms with Crippen molar-refractivity contribution in [2.75, 3.05) is 0 Å². The minimum atomic E-state index is -0.754. The van der Waals surface area contributed by atoms with Gasteiger partial charge in [0.2, 0.25) is 0 Å². The quantitative estimate of drug-likeness (QED) is 0.180. The number of ketones is 1. The van der Waals surface area contributed by atoms with Crippen LogP contribution in [0.15, 0.2) is 42.1 Å². The summed E-state index contributed by atoms with van der Waals surface area (Å²) in [5, 5.41) is 3.54. The van der Waals surface area contributed by atoms with E-state index >= 15 is 0 Å². The number of benzene rings is 1. The Morgan fingerprint density at radius 3 is 2.45 bits per heavy atom. The molecule has 40 heavy (non-hydrogen) atoms. The molecule has 5 rings (SSSR count). The number of hydrogen-bond acceptors (Lipinski definition) is 5. The Balaban J connectivity index is 1.46. The molecule has 0 unspecified atom stereocenters. The van der Waals surface area contributed by atoms with Crippen molar-refractivity contribution in [1.82, 2.24) is 24.8 Å². The molecule has 10 heteroatoms. The van der Waals surface area contributed by atoms with Crippen LogP contribution in [0.2, 0.25) is 0 Å². The number of nitrogens with zero attached hydrogens (tertiary/aromatic N) is 4. The van der Waals surface area contributed by atoms with Crippen molar-refractivity contribution in [3.8, 4) is 11.1 Å². The summed E-state index contributed by atoms with van der Waals surface area (Å²) >= 11 is -0.246. The van der Waals surface area contributed by atoms with Gasteiger partial charge in [-0.2, -0.15) is 0 Å². The van der Waals surface area contributed by atoms with Gasteiger partial charge >= 0.3 is 232 Å². The summed E-state index contributed by atoms with van der Waals surface area (Å²) < 4.78 is 16.3. The zero-order valence-electron chi connectivity index (χ0n) is 23.8. The molecule has 2 saturated heterocycles. The molecule has 0 bridgehead atoms. The second-order valence-electron chi connectivity index (χ2n) is 11.3. The van der Waals surface area contributed by atoms with Gasteiger partial charge in [-0.1, -0.05) is 0 Å². The normalized spacial score (nSPS) is 22.4. The van der Waals surface area contributed by atoms with Crippen molar-refractivity contribution in [2.45, 2.75) is 81.0 Å². The number of halogens is 2. The van der Waals surface area contributed by atoms with E-state index in [-0.39, 0.29) is 58.6 Å². The molecule has 1 N–H and O–H groups in total. The number of alkyl halides is 2. The van der Waals surface area contributed by atoms with E-state index in [1.807, 2.05) is 30.5 Å². The van der Waals surface area contributed by atoms with Crippen molar-refractivity contribution in [3.05, 3.63) is 59.1 Å². The molecule has 2 fully saturated rings. The van der Waals surface area contributed by atoms with Gasteiger partial charge in [-0.15, -0.1) is 0 Å². The Kier molecular flexibility index (Phi) is 7.35.